The Kier molecular flexibility index (Phi) is 3.03. The monoisotopic (exact) mass is 258 g/mol. The van der Waals surface area contributed by atoms with Gasteiger partial charge in [-0.2, -0.15) is 5.10 Å². The highest BCUT2D eigenvalue weighted by atomic mass is 32.2. The highest BCUT2D eigenvalue weighted by Crippen LogP contribution is 2.12. The van der Waals surface area contributed by atoms with Crippen LogP contribution in [0.2, 0.25) is 0 Å². The second-order valence-electron chi connectivity index (χ2n) is 3.11. The van der Waals surface area contributed by atoms with Crippen LogP contribution in [0.1, 0.15) is 10.7 Å². The number of aromatic amines is 1. The first-order valence-corrected chi connectivity index (χ1v) is 6.84. The Balaban J connectivity index is 2.13. The van der Waals surface area contributed by atoms with Gasteiger partial charge in [0.1, 0.15) is 9.90 Å². The number of nitrogens with zero attached hydrogens (tertiary/aromatic N) is 2. The number of sulfonamides is 1. The zero-order valence-electron chi connectivity index (χ0n) is 8.47. The van der Waals surface area contributed by atoms with Crippen LogP contribution in [0.3, 0.4) is 0 Å². The van der Waals surface area contributed by atoms with Crippen LogP contribution in [0.15, 0.2) is 22.7 Å². The van der Waals surface area contributed by atoms with E-state index in [-0.39, 0.29) is 11.4 Å². The molecule has 16 heavy (non-hydrogen) atoms. The van der Waals surface area contributed by atoms with Crippen LogP contribution >= 0.6 is 11.3 Å². The minimum absolute atomic E-state index is 0.170. The maximum atomic E-state index is 11.8. The third-order valence-electron chi connectivity index (χ3n) is 1.97. The molecule has 86 valence electrons. The molecule has 2 rings (SSSR count). The summed E-state index contributed by atoms with van der Waals surface area (Å²) in [5.41, 5.74) is 0.520. The second-order valence-corrected chi connectivity index (χ2v) is 5.82. The van der Waals surface area contributed by atoms with Gasteiger partial charge in [-0.25, -0.2) is 18.1 Å². The Morgan fingerprint density at radius 3 is 2.94 bits per heavy atom. The molecule has 0 aromatic carbocycles. The van der Waals surface area contributed by atoms with Gasteiger partial charge in [0.15, 0.2) is 0 Å². The Hall–Kier alpha value is -1.25. The maximum absolute atomic E-state index is 11.8. The van der Waals surface area contributed by atoms with E-state index in [1.807, 2.05) is 0 Å². The molecule has 2 N–H and O–H groups in total. The smallest absolute Gasteiger partial charge is 0.244 e. The van der Waals surface area contributed by atoms with Gasteiger partial charge in [-0.1, -0.05) is 0 Å². The standard InChI is InChI=1S/C8H10N4O2S2/c1-6-7(4-10-12-6)16(13,14)11-5-8-9-2-3-15-8/h2-4,11H,5H2,1H3,(H,10,12). The lowest BCUT2D eigenvalue weighted by Gasteiger charge is -2.03. The van der Waals surface area contributed by atoms with Crippen molar-refractivity contribution < 1.29 is 8.42 Å². The average molecular weight is 258 g/mol. The van der Waals surface area contributed by atoms with Crippen molar-refractivity contribution in [2.24, 2.45) is 0 Å². The van der Waals surface area contributed by atoms with Crippen molar-refractivity contribution in [1.29, 1.82) is 0 Å². The van der Waals surface area contributed by atoms with Crippen molar-refractivity contribution in [3.05, 3.63) is 28.5 Å². The second kappa shape index (κ2) is 4.32. The van der Waals surface area contributed by atoms with Gasteiger partial charge < -0.3 is 0 Å². The predicted octanol–water partition coefficient (Wildman–Crippen LogP) is 0.653. The normalized spacial score (nSPS) is 11.8. The summed E-state index contributed by atoms with van der Waals surface area (Å²) in [4.78, 5) is 4.16. The van der Waals surface area contributed by atoms with E-state index in [0.717, 1.165) is 5.01 Å². The molecule has 0 bridgehead atoms. The molecule has 0 aliphatic heterocycles. The van der Waals surface area contributed by atoms with Crippen LogP contribution in [0, 0.1) is 6.92 Å². The van der Waals surface area contributed by atoms with Crippen molar-refractivity contribution >= 4 is 21.4 Å². The number of H-pyrrole nitrogens is 1. The fourth-order valence-corrected chi connectivity index (χ4v) is 2.96. The van der Waals surface area contributed by atoms with E-state index in [1.165, 1.54) is 17.5 Å². The summed E-state index contributed by atoms with van der Waals surface area (Å²) in [6, 6.07) is 0. The van der Waals surface area contributed by atoms with Gasteiger partial charge in [0.25, 0.3) is 0 Å². The Labute approximate surface area is 96.8 Å². The van der Waals surface area contributed by atoms with Crippen molar-refractivity contribution in [2.45, 2.75) is 18.4 Å². The highest BCUT2D eigenvalue weighted by Gasteiger charge is 2.18. The zero-order chi connectivity index (χ0) is 11.6. The molecule has 0 unspecified atom stereocenters. The molecule has 0 saturated heterocycles. The molecule has 0 atom stereocenters. The third-order valence-corrected chi connectivity index (χ3v) is 4.26. The lowest BCUT2D eigenvalue weighted by molar-refractivity contribution is 0.580. The fraction of sp³-hybridized carbons (Fsp3) is 0.250. The SMILES string of the molecule is Cc1[nH]ncc1S(=O)(=O)NCc1nccs1. The number of aryl methyl sites for hydroxylation is 1. The molecule has 0 radical (unpaired) electrons. The summed E-state index contributed by atoms with van der Waals surface area (Å²) in [6.45, 7) is 1.86. The van der Waals surface area contributed by atoms with Crippen LogP contribution in [-0.2, 0) is 16.6 Å². The molecule has 6 nitrogen and oxygen atoms in total. The van der Waals surface area contributed by atoms with Crippen molar-refractivity contribution in [3.8, 4) is 0 Å². The average Bonchev–Trinajstić information content (AvgIpc) is 2.85. The van der Waals surface area contributed by atoms with E-state index in [2.05, 4.69) is 19.9 Å². The minimum atomic E-state index is -3.50. The van der Waals surface area contributed by atoms with Gasteiger partial charge in [-0.3, -0.25) is 5.10 Å². The molecule has 0 saturated carbocycles. The summed E-state index contributed by atoms with van der Waals surface area (Å²) < 4.78 is 26.1. The maximum Gasteiger partial charge on any atom is 0.244 e. The van der Waals surface area contributed by atoms with Crippen molar-refractivity contribution in [2.75, 3.05) is 0 Å². The van der Waals surface area contributed by atoms with Crippen LogP contribution < -0.4 is 4.72 Å². The molecule has 0 fully saturated rings. The first-order valence-electron chi connectivity index (χ1n) is 4.47. The zero-order valence-corrected chi connectivity index (χ0v) is 10.1. The van der Waals surface area contributed by atoms with Gasteiger partial charge in [-0.15, -0.1) is 11.3 Å². The van der Waals surface area contributed by atoms with E-state index < -0.39 is 10.0 Å². The molecule has 8 heteroatoms. The van der Waals surface area contributed by atoms with Gasteiger partial charge in [0.05, 0.1) is 18.4 Å². The fourth-order valence-electron chi connectivity index (χ4n) is 1.19. The largest absolute Gasteiger partial charge is 0.281 e. The topological polar surface area (TPSA) is 87.7 Å². The molecular formula is C8H10N4O2S2. The van der Waals surface area contributed by atoms with Crippen LogP contribution in [-0.4, -0.2) is 23.6 Å². The highest BCUT2D eigenvalue weighted by molar-refractivity contribution is 7.89. The van der Waals surface area contributed by atoms with Crippen LogP contribution in [0.4, 0.5) is 0 Å². The van der Waals surface area contributed by atoms with Gasteiger partial charge in [0.2, 0.25) is 10.0 Å². The molecule has 2 aromatic rings. The molecule has 2 aromatic heterocycles. The predicted molar refractivity (Wildman–Crippen MR) is 59.5 cm³/mol. The summed E-state index contributed by atoms with van der Waals surface area (Å²) in [5.74, 6) is 0. The van der Waals surface area contributed by atoms with Crippen molar-refractivity contribution in [1.82, 2.24) is 19.9 Å². The van der Waals surface area contributed by atoms with E-state index in [9.17, 15) is 8.42 Å². The van der Waals surface area contributed by atoms with Crippen LogP contribution in [0.5, 0.6) is 0 Å². The van der Waals surface area contributed by atoms with Crippen molar-refractivity contribution in [3.63, 3.8) is 0 Å². The van der Waals surface area contributed by atoms with E-state index in [1.54, 1.807) is 18.5 Å². The Morgan fingerprint density at radius 2 is 2.38 bits per heavy atom. The summed E-state index contributed by atoms with van der Waals surface area (Å²) in [7, 11) is -3.50. The van der Waals surface area contributed by atoms with Gasteiger partial charge >= 0.3 is 0 Å². The van der Waals surface area contributed by atoms with E-state index in [4.69, 9.17) is 0 Å². The molecule has 0 aliphatic carbocycles. The third kappa shape index (κ3) is 2.29. The first kappa shape index (κ1) is 11.2. The minimum Gasteiger partial charge on any atom is -0.281 e. The lowest BCUT2D eigenvalue weighted by atomic mass is 10.5. The quantitative estimate of drug-likeness (QED) is 0.843. The number of thiazole rings is 1. The summed E-state index contributed by atoms with van der Waals surface area (Å²) in [5, 5.41) is 8.79. The Bertz CT molecular complexity index is 559. The Morgan fingerprint density at radius 1 is 1.56 bits per heavy atom. The number of rotatable bonds is 4. The molecule has 2 heterocycles. The number of hydrogen-bond donors (Lipinski definition) is 2. The number of aromatic nitrogens is 3. The number of hydrogen-bond acceptors (Lipinski definition) is 5. The number of nitrogens with one attached hydrogen (secondary N) is 2. The van der Waals surface area contributed by atoms with Gasteiger partial charge in [0, 0.05) is 11.6 Å². The summed E-state index contributed by atoms with van der Waals surface area (Å²) in [6.07, 6.45) is 2.93. The van der Waals surface area contributed by atoms with E-state index >= 15 is 0 Å². The first-order chi connectivity index (χ1) is 7.59. The molecule has 0 spiro atoms. The lowest BCUT2D eigenvalue weighted by Crippen LogP contribution is -2.23. The summed E-state index contributed by atoms with van der Waals surface area (Å²) >= 11 is 1.40. The molecular weight excluding hydrogens is 248 g/mol. The van der Waals surface area contributed by atoms with E-state index in [0.29, 0.717) is 5.69 Å². The molecule has 0 amide bonds. The van der Waals surface area contributed by atoms with Gasteiger partial charge in [-0.05, 0) is 6.92 Å². The van der Waals surface area contributed by atoms with Crippen LogP contribution in [0.25, 0.3) is 0 Å². The molecule has 0 aliphatic rings.